The van der Waals surface area contributed by atoms with E-state index < -0.39 is 0 Å². The van der Waals surface area contributed by atoms with Gasteiger partial charge in [0.25, 0.3) is 11.8 Å². The molecule has 0 saturated carbocycles. The van der Waals surface area contributed by atoms with Gasteiger partial charge in [0, 0.05) is 43.4 Å². The highest BCUT2D eigenvalue weighted by Gasteiger charge is 2.32. The number of amides is 2. The second-order valence-electron chi connectivity index (χ2n) is 6.52. The molecule has 2 aromatic rings. The third-order valence-electron chi connectivity index (χ3n) is 4.82. The van der Waals surface area contributed by atoms with E-state index in [0.717, 1.165) is 0 Å². The molecule has 2 amide bonds. The van der Waals surface area contributed by atoms with Crippen LogP contribution in [-0.2, 0) is 0 Å². The van der Waals surface area contributed by atoms with Crippen LogP contribution in [0.1, 0.15) is 27.1 Å². The fourth-order valence-electron chi connectivity index (χ4n) is 3.22. The van der Waals surface area contributed by atoms with Crippen molar-refractivity contribution in [1.29, 1.82) is 0 Å². The first-order chi connectivity index (χ1) is 13.1. The van der Waals surface area contributed by atoms with Crippen molar-refractivity contribution in [3.63, 3.8) is 0 Å². The van der Waals surface area contributed by atoms with Gasteiger partial charge in [-0.3, -0.25) is 9.59 Å². The lowest BCUT2D eigenvalue weighted by Gasteiger charge is -2.38. The number of hydrogen-bond donors (Lipinski definition) is 2. The summed E-state index contributed by atoms with van der Waals surface area (Å²) in [6.07, 6.45) is 2.10. The van der Waals surface area contributed by atoms with E-state index >= 15 is 0 Å². The van der Waals surface area contributed by atoms with Crippen LogP contribution < -0.4 is 10.1 Å². The van der Waals surface area contributed by atoms with Gasteiger partial charge in [-0.25, -0.2) is 4.98 Å². The Hall–Kier alpha value is -2.93. The number of likely N-dealkylation sites (tertiary alicyclic amines) is 1. The highest BCUT2D eigenvalue weighted by atomic mass is 16.5. The molecule has 2 atom stereocenters. The van der Waals surface area contributed by atoms with Crippen molar-refractivity contribution < 1.29 is 19.4 Å². The van der Waals surface area contributed by atoms with Crippen LogP contribution in [0.25, 0.3) is 0 Å². The molecular formula is C20H23N3O4. The molecule has 0 radical (unpaired) electrons. The SMILES string of the molecule is COc1ccc(C(=O)N2CC[C@H](CO)[C@H](NC(=O)c3ccccc3)C2)cn1. The van der Waals surface area contributed by atoms with Crippen LogP contribution in [0.5, 0.6) is 5.88 Å². The molecule has 7 nitrogen and oxygen atoms in total. The first-order valence-corrected chi connectivity index (χ1v) is 8.88. The largest absolute Gasteiger partial charge is 0.481 e. The number of rotatable bonds is 5. The number of aliphatic hydroxyl groups excluding tert-OH is 1. The summed E-state index contributed by atoms with van der Waals surface area (Å²) in [6.45, 7) is 0.828. The summed E-state index contributed by atoms with van der Waals surface area (Å²) in [4.78, 5) is 31.0. The van der Waals surface area contributed by atoms with Gasteiger partial charge in [-0.1, -0.05) is 18.2 Å². The molecule has 142 valence electrons. The number of piperidine rings is 1. The van der Waals surface area contributed by atoms with Crippen molar-refractivity contribution in [3.8, 4) is 5.88 Å². The zero-order valence-electron chi connectivity index (χ0n) is 15.2. The number of ether oxygens (including phenoxy) is 1. The number of pyridine rings is 1. The van der Waals surface area contributed by atoms with Gasteiger partial charge in [0.15, 0.2) is 0 Å². The molecule has 7 heteroatoms. The predicted molar refractivity (Wildman–Crippen MR) is 99.6 cm³/mol. The average molecular weight is 369 g/mol. The molecule has 0 unspecified atom stereocenters. The quantitative estimate of drug-likeness (QED) is 0.830. The number of methoxy groups -OCH3 is 1. The van der Waals surface area contributed by atoms with E-state index in [1.54, 1.807) is 41.3 Å². The maximum Gasteiger partial charge on any atom is 0.255 e. The molecule has 1 fully saturated rings. The summed E-state index contributed by atoms with van der Waals surface area (Å²) < 4.78 is 5.01. The number of aromatic nitrogens is 1. The molecule has 0 bridgehead atoms. The highest BCUT2D eigenvalue weighted by Crippen LogP contribution is 2.20. The molecule has 0 aliphatic carbocycles. The molecule has 1 aromatic carbocycles. The molecule has 2 N–H and O–H groups in total. The van der Waals surface area contributed by atoms with Crippen molar-refractivity contribution in [2.45, 2.75) is 12.5 Å². The maximum atomic E-state index is 12.8. The number of hydrogen-bond acceptors (Lipinski definition) is 5. The van der Waals surface area contributed by atoms with Crippen LogP contribution in [0.4, 0.5) is 0 Å². The lowest BCUT2D eigenvalue weighted by molar-refractivity contribution is 0.0541. The Bertz CT molecular complexity index is 780. The normalized spacial score (nSPS) is 19.4. The van der Waals surface area contributed by atoms with E-state index in [1.807, 2.05) is 6.07 Å². The minimum atomic E-state index is -0.313. The first kappa shape index (κ1) is 18.8. The van der Waals surface area contributed by atoms with Crippen LogP contribution in [0.3, 0.4) is 0 Å². The number of aliphatic hydroxyl groups is 1. The van der Waals surface area contributed by atoms with Gasteiger partial charge in [-0.2, -0.15) is 0 Å². The van der Waals surface area contributed by atoms with Crippen molar-refractivity contribution in [2.24, 2.45) is 5.92 Å². The number of nitrogens with one attached hydrogen (secondary N) is 1. The fraction of sp³-hybridized carbons (Fsp3) is 0.350. The molecule has 1 aliphatic heterocycles. The number of nitrogens with zero attached hydrogens (tertiary/aromatic N) is 2. The third-order valence-corrected chi connectivity index (χ3v) is 4.82. The van der Waals surface area contributed by atoms with Crippen LogP contribution in [0, 0.1) is 5.92 Å². The molecule has 0 spiro atoms. The Morgan fingerprint density at radius 3 is 2.63 bits per heavy atom. The number of carbonyl (C=O) groups excluding carboxylic acids is 2. The second-order valence-corrected chi connectivity index (χ2v) is 6.52. The molecule has 1 aromatic heterocycles. The molecule has 27 heavy (non-hydrogen) atoms. The Morgan fingerprint density at radius 1 is 1.22 bits per heavy atom. The van der Waals surface area contributed by atoms with E-state index in [2.05, 4.69) is 10.3 Å². The third kappa shape index (κ3) is 4.43. The van der Waals surface area contributed by atoms with Gasteiger partial charge >= 0.3 is 0 Å². The van der Waals surface area contributed by atoms with Crippen LogP contribution in [-0.4, -0.2) is 59.7 Å². The lowest BCUT2D eigenvalue weighted by atomic mass is 9.91. The van der Waals surface area contributed by atoms with E-state index in [1.165, 1.54) is 13.3 Å². The summed E-state index contributed by atoms with van der Waals surface area (Å²) in [5, 5.41) is 12.6. The second kappa shape index (κ2) is 8.64. The van der Waals surface area contributed by atoms with Crippen LogP contribution in [0.2, 0.25) is 0 Å². The van der Waals surface area contributed by atoms with Crippen molar-refractivity contribution >= 4 is 11.8 Å². The monoisotopic (exact) mass is 369 g/mol. The van der Waals surface area contributed by atoms with Gasteiger partial charge < -0.3 is 20.1 Å². The van der Waals surface area contributed by atoms with Gasteiger partial charge in [0.05, 0.1) is 18.7 Å². The topological polar surface area (TPSA) is 91.8 Å². The van der Waals surface area contributed by atoms with E-state index in [4.69, 9.17) is 4.74 Å². The zero-order chi connectivity index (χ0) is 19.2. The summed E-state index contributed by atoms with van der Waals surface area (Å²) in [7, 11) is 1.52. The van der Waals surface area contributed by atoms with Crippen LogP contribution >= 0.6 is 0 Å². The minimum absolute atomic E-state index is 0.0359. The summed E-state index contributed by atoms with van der Waals surface area (Å²) in [5.74, 6) is -0.00536. The lowest BCUT2D eigenvalue weighted by Crippen LogP contribution is -2.55. The van der Waals surface area contributed by atoms with Crippen molar-refractivity contribution in [2.75, 3.05) is 26.8 Å². The summed E-state index contributed by atoms with van der Waals surface area (Å²) in [5.41, 5.74) is 1.02. The Morgan fingerprint density at radius 2 is 2.00 bits per heavy atom. The van der Waals surface area contributed by atoms with Gasteiger partial charge in [-0.05, 0) is 24.6 Å². The fourth-order valence-corrected chi connectivity index (χ4v) is 3.22. The van der Waals surface area contributed by atoms with Crippen molar-refractivity contribution in [3.05, 3.63) is 59.8 Å². The Labute approximate surface area is 158 Å². The van der Waals surface area contributed by atoms with Crippen molar-refractivity contribution in [1.82, 2.24) is 15.2 Å². The maximum absolute atomic E-state index is 12.8. The van der Waals surface area contributed by atoms with Gasteiger partial charge in [0.1, 0.15) is 0 Å². The first-order valence-electron chi connectivity index (χ1n) is 8.88. The predicted octanol–water partition coefficient (Wildman–Crippen LogP) is 1.34. The Balaban J connectivity index is 1.70. The minimum Gasteiger partial charge on any atom is -0.481 e. The number of benzene rings is 1. The molecule has 3 rings (SSSR count). The number of carbonyl (C=O) groups is 2. The molecule has 1 aliphatic rings. The summed E-state index contributed by atoms with van der Waals surface area (Å²) in [6, 6.07) is 11.9. The molecule has 2 heterocycles. The van der Waals surface area contributed by atoms with Crippen LogP contribution in [0.15, 0.2) is 48.7 Å². The van der Waals surface area contributed by atoms with E-state index in [0.29, 0.717) is 36.5 Å². The molecule has 1 saturated heterocycles. The van der Waals surface area contributed by atoms with Gasteiger partial charge in [-0.15, -0.1) is 0 Å². The highest BCUT2D eigenvalue weighted by molar-refractivity contribution is 5.95. The standard InChI is InChI=1S/C20H23N3O4/c1-27-18-8-7-15(11-21-18)20(26)23-10-9-16(13-24)17(12-23)22-19(25)14-5-3-2-4-6-14/h2-8,11,16-17,24H,9-10,12-13H2,1H3,(H,22,25)/t16-,17-/m1/s1. The summed E-state index contributed by atoms with van der Waals surface area (Å²) >= 11 is 0. The zero-order valence-corrected chi connectivity index (χ0v) is 15.2. The van der Waals surface area contributed by atoms with E-state index in [-0.39, 0.29) is 30.4 Å². The molecular weight excluding hydrogens is 346 g/mol. The smallest absolute Gasteiger partial charge is 0.255 e. The van der Waals surface area contributed by atoms with Gasteiger partial charge in [0.2, 0.25) is 5.88 Å². The Kier molecular flexibility index (Phi) is 6.03. The van der Waals surface area contributed by atoms with E-state index in [9.17, 15) is 14.7 Å². The average Bonchev–Trinajstić information content (AvgIpc) is 2.73.